The first-order valence-electron chi connectivity index (χ1n) is 16.9. The van der Waals surface area contributed by atoms with E-state index >= 15 is 0 Å². The van der Waals surface area contributed by atoms with E-state index in [4.69, 9.17) is 4.98 Å². The van der Waals surface area contributed by atoms with Gasteiger partial charge < -0.3 is 4.90 Å². The smallest absolute Gasteiger partial charge is 0.259 e. The van der Waals surface area contributed by atoms with Gasteiger partial charge in [0, 0.05) is 38.9 Å². The zero-order valence-corrected chi connectivity index (χ0v) is 28.9. The Morgan fingerprint density at radius 2 is 1.44 bits per heavy atom. The Hall–Kier alpha value is -4.93. The van der Waals surface area contributed by atoms with E-state index in [9.17, 15) is 0 Å². The lowest BCUT2D eigenvalue weighted by molar-refractivity contribution is 0.590. The normalized spacial score (nSPS) is 14.4. The van der Waals surface area contributed by atoms with Crippen molar-refractivity contribution in [2.75, 3.05) is 4.90 Å². The summed E-state index contributed by atoms with van der Waals surface area (Å²) in [4.78, 5) is 7.20. The minimum atomic E-state index is -0.174. The Labute approximate surface area is 287 Å². The quantitative estimate of drug-likeness (QED) is 0.180. The lowest BCUT2D eigenvalue weighted by atomic mass is 9.32. The summed E-state index contributed by atoms with van der Waals surface area (Å²) in [5.41, 5.74) is 15.3. The summed E-state index contributed by atoms with van der Waals surface area (Å²) in [6.07, 6.45) is 1.88. The molecule has 0 radical (unpaired) electrons. The molecule has 4 heterocycles. The molecule has 2 aliphatic heterocycles. The van der Waals surface area contributed by atoms with Gasteiger partial charge in [-0.05, 0) is 103 Å². The van der Waals surface area contributed by atoms with Crippen molar-refractivity contribution in [3.63, 3.8) is 0 Å². The van der Waals surface area contributed by atoms with Crippen LogP contribution in [0, 0.1) is 0 Å². The molecule has 7 aromatic rings. The molecule has 0 N–H and O–H groups in total. The number of hydrogen-bond acceptors (Lipinski definition) is 3. The summed E-state index contributed by atoms with van der Waals surface area (Å²) in [6.45, 7) is 11.8. The van der Waals surface area contributed by atoms with Crippen LogP contribution in [0.1, 0.15) is 51.3 Å². The molecule has 0 unspecified atom stereocenters. The fraction of sp³-hybridized carbons (Fsp3) is 0.159. The van der Waals surface area contributed by atoms with Crippen LogP contribution < -0.4 is 20.6 Å². The maximum atomic E-state index is 4.69. The topological polar surface area (TPSA) is 16.1 Å². The number of thiophene rings is 1. The molecule has 2 aromatic heterocycles. The van der Waals surface area contributed by atoms with Crippen molar-refractivity contribution in [2.24, 2.45) is 0 Å². The van der Waals surface area contributed by atoms with E-state index in [-0.39, 0.29) is 17.5 Å². The number of pyridine rings is 1. The van der Waals surface area contributed by atoms with Gasteiger partial charge in [-0.1, -0.05) is 113 Å². The Bertz CT molecular complexity index is 2350. The maximum absolute atomic E-state index is 4.69. The van der Waals surface area contributed by atoms with E-state index in [1.165, 1.54) is 76.2 Å². The zero-order valence-electron chi connectivity index (χ0n) is 28.1. The van der Waals surface area contributed by atoms with Crippen molar-refractivity contribution in [3.05, 3.63) is 150 Å². The van der Waals surface area contributed by atoms with Crippen LogP contribution in [0.15, 0.2) is 134 Å². The Kier molecular flexibility index (Phi) is 6.42. The lowest BCUT2D eigenvalue weighted by Crippen LogP contribution is -2.63. The molecule has 4 heteroatoms. The fourth-order valence-corrected chi connectivity index (χ4v) is 9.60. The number of fused-ring (bicyclic) bond motifs is 6. The molecule has 48 heavy (non-hydrogen) atoms. The Balaban J connectivity index is 1.29. The van der Waals surface area contributed by atoms with Crippen molar-refractivity contribution >= 4 is 60.9 Å². The summed E-state index contributed by atoms with van der Waals surface area (Å²) < 4.78 is 2.80. The Morgan fingerprint density at radius 3 is 2.19 bits per heavy atom. The van der Waals surface area contributed by atoms with Crippen molar-refractivity contribution in [3.8, 4) is 22.4 Å². The number of nitrogens with zero attached hydrogens (tertiary/aromatic N) is 2. The second kappa shape index (κ2) is 10.5. The molecule has 2 aliphatic rings. The number of rotatable bonds is 3. The van der Waals surface area contributed by atoms with Gasteiger partial charge in [0.05, 0.1) is 5.69 Å². The molecular formula is C44H37BN2S. The first-order valence-corrected chi connectivity index (χ1v) is 17.7. The largest absolute Gasteiger partial charge is 0.311 e. The van der Waals surface area contributed by atoms with E-state index < -0.39 is 0 Å². The summed E-state index contributed by atoms with van der Waals surface area (Å²) >= 11 is 1.97. The summed E-state index contributed by atoms with van der Waals surface area (Å²) in [6, 6.07) is 47.3. The number of hydrogen-bond donors (Lipinski definition) is 0. The minimum Gasteiger partial charge on any atom is -0.311 e. The molecule has 0 amide bonds. The highest BCUT2D eigenvalue weighted by Crippen LogP contribution is 2.46. The lowest BCUT2D eigenvalue weighted by Gasteiger charge is -2.44. The van der Waals surface area contributed by atoms with Gasteiger partial charge in [0.2, 0.25) is 0 Å². The third-order valence-electron chi connectivity index (χ3n) is 10.5. The van der Waals surface area contributed by atoms with Crippen molar-refractivity contribution < 1.29 is 0 Å². The van der Waals surface area contributed by atoms with Gasteiger partial charge in [-0.25, -0.2) is 0 Å². The molecule has 2 nitrogen and oxygen atoms in total. The van der Waals surface area contributed by atoms with Crippen molar-refractivity contribution in [2.45, 2.75) is 45.4 Å². The highest BCUT2D eigenvalue weighted by Gasteiger charge is 2.47. The SMILES string of the molecule is CC(C)(C)c1ccc(-c2ccc3c(c2)N(c2ccccc2)c2cccc4c2B3c2sc3ccc(-c5ccccn5)cc3c2C4(C)C)cc1. The molecule has 0 spiro atoms. The number of anilines is 3. The molecule has 0 saturated carbocycles. The molecule has 0 aliphatic carbocycles. The van der Waals surface area contributed by atoms with E-state index in [1.807, 2.05) is 23.6 Å². The van der Waals surface area contributed by atoms with Gasteiger partial charge in [0.25, 0.3) is 6.71 Å². The van der Waals surface area contributed by atoms with Crippen LogP contribution in [0.4, 0.5) is 17.1 Å². The molecule has 232 valence electrons. The van der Waals surface area contributed by atoms with Gasteiger partial charge in [-0.2, -0.15) is 0 Å². The van der Waals surface area contributed by atoms with E-state index in [0.29, 0.717) is 0 Å². The Morgan fingerprint density at radius 1 is 0.688 bits per heavy atom. The third-order valence-corrected chi connectivity index (χ3v) is 11.8. The van der Waals surface area contributed by atoms with Gasteiger partial charge in [-0.15, -0.1) is 11.3 Å². The van der Waals surface area contributed by atoms with Crippen LogP contribution in [0.3, 0.4) is 0 Å². The van der Waals surface area contributed by atoms with E-state index in [2.05, 4.69) is 161 Å². The standard InChI is InChI=1S/C44H37BN2S/c1-43(2,3)31-21-17-28(18-22-31)29-19-23-35-38(27-29)47(32-12-7-6-8-13-32)37-16-11-14-34-41(37)45(35)42-40(44(34,4)5)33-26-30(20-24-39(33)48-42)36-15-9-10-25-46-36/h6-27H,1-5H3. The van der Waals surface area contributed by atoms with Crippen LogP contribution >= 0.6 is 11.3 Å². The second-order valence-electron chi connectivity index (χ2n) is 14.8. The summed E-state index contributed by atoms with van der Waals surface area (Å²) in [7, 11) is 0. The van der Waals surface area contributed by atoms with Gasteiger partial charge in [-0.3, -0.25) is 4.98 Å². The number of aromatic nitrogens is 1. The molecular weight excluding hydrogens is 599 g/mol. The van der Waals surface area contributed by atoms with Gasteiger partial charge >= 0.3 is 0 Å². The predicted molar refractivity (Wildman–Crippen MR) is 207 cm³/mol. The average molecular weight is 637 g/mol. The molecule has 5 aromatic carbocycles. The first-order chi connectivity index (χ1) is 23.2. The van der Waals surface area contributed by atoms with Gasteiger partial charge in [0.1, 0.15) is 0 Å². The molecule has 0 bridgehead atoms. The van der Waals surface area contributed by atoms with Crippen LogP contribution in [0.5, 0.6) is 0 Å². The highest BCUT2D eigenvalue weighted by atomic mass is 32.1. The monoisotopic (exact) mass is 636 g/mol. The van der Waals surface area contributed by atoms with Crippen LogP contribution in [-0.4, -0.2) is 11.7 Å². The average Bonchev–Trinajstić information content (AvgIpc) is 3.50. The summed E-state index contributed by atoms with van der Waals surface area (Å²) in [5.74, 6) is 0. The molecule has 0 saturated heterocycles. The maximum Gasteiger partial charge on any atom is 0.259 e. The van der Waals surface area contributed by atoms with Crippen molar-refractivity contribution in [1.29, 1.82) is 0 Å². The van der Waals surface area contributed by atoms with Gasteiger partial charge in [0.15, 0.2) is 0 Å². The van der Waals surface area contributed by atoms with Crippen LogP contribution in [0.2, 0.25) is 0 Å². The molecule has 9 rings (SSSR count). The third kappa shape index (κ3) is 4.35. The summed E-state index contributed by atoms with van der Waals surface area (Å²) in [5, 5.41) is 1.35. The van der Waals surface area contributed by atoms with Crippen LogP contribution in [0.25, 0.3) is 32.5 Å². The first kappa shape index (κ1) is 29.2. The highest BCUT2D eigenvalue weighted by molar-refractivity contribution is 7.32. The molecule has 0 fully saturated rings. The van der Waals surface area contributed by atoms with Crippen molar-refractivity contribution in [1.82, 2.24) is 4.98 Å². The minimum absolute atomic E-state index is 0.120. The van der Waals surface area contributed by atoms with Crippen LogP contribution in [-0.2, 0) is 10.8 Å². The fourth-order valence-electron chi connectivity index (χ4n) is 8.12. The number of benzene rings is 5. The van der Waals surface area contributed by atoms with E-state index in [0.717, 1.165) is 5.69 Å². The molecule has 0 atom stereocenters. The second-order valence-corrected chi connectivity index (χ2v) is 15.9. The van der Waals surface area contributed by atoms with E-state index in [1.54, 1.807) is 0 Å². The predicted octanol–water partition coefficient (Wildman–Crippen LogP) is 9.87. The number of para-hydroxylation sites is 1. The zero-order chi connectivity index (χ0) is 32.8.